The smallest absolute Gasteiger partial charge is 0.145 e. The van der Waals surface area contributed by atoms with Crippen LogP contribution in [0.5, 0.6) is 5.75 Å². The predicted molar refractivity (Wildman–Crippen MR) is 94.1 cm³/mol. The van der Waals surface area contributed by atoms with Gasteiger partial charge in [0.2, 0.25) is 0 Å². The second kappa shape index (κ2) is 6.74. The summed E-state index contributed by atoms with van der Waals surface area (Å²) in [4.78, 5) is 2.38. The number of nitrogens with zero attached hydrogens (tertiary/aromatic N) is 1. The summed E-state index contributed by atoms with van der Waals surface area (Å²) in [5, 5.41) is 0. The van der Waals surface area contributed by atoms with Gasteiger partial charge in [0.25, 0.3) is 0 Å². The van der Waals surface area contributed by atoms with Crippen molar-refractivity contribution < 1.29 is 9.47 Å². The molecule has 0 aliphatic carbocycles. The number of methoxy groups -OCH3 is 1. The molecular weight excluding hydrogens is 274 g/mol. The van der Waals surface area contributed by atoms with Gasteiger partial charge in [0, 0.05) is 18.7 Å². The van der Waals surface area contributed by atoms with Gasteiger partial charge in [-0.05, 0) is 42.5 Å². The highest BCUT2D eigenvalue weighted by atomic mass is 16.5. The van der Waals surface area contributed by atoms with E-state index in [4.69, 9.17) is 9.47 Å². The molecule has 1 aliphatic rings. The zero-order chi connectivity index (χ0) is 16.3. The van der Waals surface area contributed by atoms with Gasteiger partial charge in [0.1, 0.15) is 5.75 Å². The van der Waals surface area contributed by atoms with E-state index in [0.717, 1.165) is 32.1 Å². The summed E-state index contributed by atoms with van der Waals surface area (Å²) in [6.45, 7) is 14.4. The van der Waals surface area contributed by atoms with Crippen molar-refractivity contribution in [1.29, 1.82) is 0 Å². The van der Waals surface area contributed by atoms with Crippen LogP contribution in [0, 0.1) is 0 Å². The minimum Gasteiger partial charge on any atom is -0.494 e. The quantitative estimate of drug-likeness (QED) is 0.833. The first-order valence-electron chi connectivity index (χ1n) is 8.07. The molecule has 0 aromatic heterocycles. The largest absolute Gasteiger partial charge is 0.494 e. The monoisotopic (exact) mass is 303 g/mol. The molecular formula is C19H29NO2. The maximum Gasteiger partial charge on any atom is 0.145 e. The van der Waals surface area contributed by atoms with E-state index in [1.54, 1.807) is 7.11 Å². The Morgan fingerprint density at radius 1 is 1.23 bits per heavy atom. The van der Waals surface area contributed by atoms with Crippen LogP contribution < -0.4 is 9.64 Å². The molecule has 0 spiro atoms. The minimum atomic E-state index is 0.0381. The molecule has 3 nitrogen and oxygen atoms in total. The second-order valence-electron chi connectivity index (χ2n) is 6.90. The Hall–Kier alpha value is -1.48. The average Bonchev–Trinajstić information content (AvgIpc) is 2.52. The summed E-state index contributed by atoms with van der Waals surface area (Å²) >= 11 is 0. The molecule has 122 valence electrons. The van der Waals surface area contributed by atoms with Crippen LogP contribution in [-0.4, -0.2) is 33.4 Å². The van der Waals surface area contributed by atoms with Crippen molar-refractivity contribution in [1.82, 2.24) is 0 Å². The van der Waals surface area contributed by atoms with Gasteiger partial charge in [-0.3, -0.25) is 0 Å². The molecule has 2 rings (SSSR count). The van der Waals surface area contributed by atoms with Gasteiger partial charge in [-0.1, -0.05) is 26.8 Å². The molecule has 1 aromatic rings. The molecule has 0 N–H and O–H groups in total. The summed E-state index contributed by atoms with van der Waals surface area (Å²) in [5.74, 6) is 1.00. The van der Waals surface area contributed by atoms with E-state index in [0.29, 0.717) is 0 Å². The van der Waals surface area contributed by atoms with E-state index in [1.807, 2.05) is 0 Å². The Bertz CT molecular complexity index is 549. The molecule has 0 unspecified atom stereocenters. The molecule has 0 atom stereocenters. The van der Waals surface area contributed by atoms with Gasteiger partial charge in [-0.25, -0.2) is 0 Å². The molecule has 22 heavy (non-hydrogen) atoms. The maximum atomic E-state index is 5.82. The third kappa shape index (κ3) is 3.46. The number of morpholine rings is 1. The molecule has 0 bridgehead atoms. The minimum absolute atomic E-state index is 0.0381. The number of benzene rings is 1. The molecule has 1 fully saturated rings. The maximum absolute atomic E-state index is 5.82. The highest BCUT2D eigenvalue weighted by Gasteiger charge is 2.25. The molecule has 0 saturated carbocycles. The molecule has 1 heterocycles. The number of hydrogen-bond donors (Lipinski definition) is 0. The lowest BCUT2D eigenvalue weighted by atomic mass is 9.84. The van der Waals surface area contributed by atoms with Crippen molar-refractivity contribution in [2.24, 2.45) is 0 Å². The topological polar surface area (TPSA) is 21.7 Å². The van der Waals surface area contributed by atoms with E-state index >= 15 is 0 Å². The molecule has 3 heteroatoms. The lowest BCUT2D eigenvalue weighted by Crippen LogP contribution is -2.36. The molecule has 1 aromatic carbocycles. The van der Waals surface area contributed by atoms with Crippen molar-refractivity contribution in [3.8, 4) is 5.75 Å². The van der Waals surface area contributed by atoms with Crippen molar-refractivity contribution in [3.63, 3.8) is 0 Å². The van der Waals surface area contributed by atoms with Crippen LogP contribution in [0.15, 0.2) is 18.2 Å². The van der Waals surface area contributed by atoms with E-state index in [2.05, 4.69) is 57.7 Å². The molecule has 0 amide bonds. The Morgan fingerprint density at radius 2 is 1.86 bits per heavy atom. The van der Waals surface area contributed by atoms with Crippen LogP contribution in [0.3, 0.4) is 0 Å². The zero-order valence-electron chi connectivity index (χ0n) is 14.8. The fraction of sp³-hybridized carbons (Fsp3) is 0.579. The third-order valence-electron chi connectivity index (χ3n) is 4.32. The van der Waals surface area contributed by atoms with Crippen molar-refractivity contribution in [2.45, 2.75) is 40.0 Å². The van der Waals surface area contributed by atoms with Crippen LogP contribution in [-0.2, 0) is 10.2 Å². The first-order chi connectivity index (χ1) is 10.4. The Kier molecular flexibility index (Phi) is 5.17. The van der Waals surface area contributed by atoms with Gasteiger partial charge in [0.15, 0.2) is 0 Å². The first-order valence-corrected chi connectivity index (χ1v) is 8.07. The SMILES string of the molecule is CC=C(C)c1cc(N2CCOCC2)c(OC)c(C(C)(C)C)c1. The highest BCUT2D eigenvalue weighted by Crippen LogP contribution is 2.41. The number of hydrogen-bond acceptors (Lipinski definition) is 3. The lowest BCUT2D eigenvalue weighted by molar-refractivity contribution is 0.122. The summed E-state index contributed by atoms with van der Waals surface area (Å²) in [7, 11) is 1.77. The average molecular weight is 303 g/mol. The summed E-state index contributed by atoms with van der Waals surface area (Å²) in [6.07, 6.45) is 2.16. The van der Waals surface area contributed by atoms with Crippen LogP contribution in [0.2, 0.25) is 0 Å². The van der Waals surface area contributed by atoms with Crippen molar-refractivity contribution in [3.05, 3.63) is 29.3 Å². The zero-order valence-corrected chi connectivity index (χ0v) is 14.8. The molecule has 1 aliphatic heterocycles. The van der Waals surface area contributed by atoms with E-state index in [9.17, 15) is 0 Å². The van der Waals surface area contributed by atoms with Crippen LogP contribution in [0.1, 0.15) is 45.7 Å². The number of ether oxygens (including phenoxy) is 2. The molecule has 0 radical (unpaired) electrons. The van der Waals surface area contributed by atoms with Crippen molar-refractivity contribution >= 4 is 11.3 Å². The Balaban J connectivity index is 2.62. The number of rotatable bonds is 3. The van der Waals surface area contributed by atoms with E-state index in [-0.39, 0.29) is 5.41 Å². The summed E-state index contributed by atoms with van der Waals surface area (Å²) in [6, 6.07) is 4.53. The van der Waals surface area contributed by atoms with E-state index < -0.39 is 0 Å². The fourth-order valence-electron chi connectivity index (χ4n) is 2.82. The van der Waals surface area contributed by atoms with E-state index in [1.165, 1.54) is 22.4 Å². The summed E-state index contributed by atoms with van der Waals surface area (Å²) < 4.78 is 11.3. The Labute approximate surface area is 134 Å². The predicted octanol–water partition coefficient (Wildman–Crippen LogP) is 4.25. The fourth-order valence-corrected chi connectivity index (χ4v) is 2.82. The van der Waals surface area contributed by atoms with Gasteiger partial charge in [-0.2, -0.15) is 0 Å². The van der Waals surface area contributed by atoms with Crippen LogP contribution in [0.4, 0.5) is 5.69 Å². The second-order valence-corrected chi connectivity index (χ2v) is 6.90. The van der Waals surface area contributed by atoms with Gasteiger partial charge < -0.3 is 14.4 Å². The van der Waals surface area contributed by atoms with Gasteiger partial charge in [-0.15, -0.1) is 0 Å². The highest BCUT2D eigenvalue weighted by molar-refractivity contribution is 5.74. The standard InChI is InChI=1S/C19H29NO2/c1-7-14(2)15-12-16(19(3,4)5)18(21-6)17(13-15)20-8-10-22-11-9-20/h7,12-13H,8-11H2,1-6H3. The van der Waals surface area contributed by atoms with Gasteiger partial charge in [0.05, 0.1) is 26.0 Å². The molecule has 1 saturated heterocycles. The van der Waals surface area contributed by atoms with Crippen molar-refractivity contribution in [2.75, 3.05) is 38.3 Å². The number of anilines is 1. The van der Waals surface area contributed by atoms with Crippen LogP contribution in [0.25, 0.3) is 5.57 Å². The summed E-state index contributed by atoms with van der Waals surface area (Å²) in [5.41, 5.74) is 5.05. The normalized spacial score (nSPS) is 16.8. The Morgan fingerprint density at radius 3 is 2.36 bits per heavy atom. The number of allylic oxidation sites excluding steroid dienone is 2. The van der Waals surface area contributed by atoms with Crippen LogP contribution >= 0.6 is 0 Å². The van der Waals surface area contributed by atoms with Gasteiger partial charge >= 0.3 is 0 Å². The third-order valence-corrected chi connectivity index (χ3v) is 4.32. The lowest BCUT2D eigenvalue weighted by Gasteiger charge is -2.33. The first kappa shape index (κ1) is 16.9.